The first-order valence-corrected chi connectivity index (χ1v) is 7.91. The first kappa shape index (κ1) is 20.0. The van der Waals surface area contributed by atoms with Gasteiger partial charge in [0, 0.05) is 18.2 Å². The number of benzene rings is 2. The van der Waals surface area contributed by atoms with Crippen molar-refractivity contribution >= 4 is 24.0 Å². The Morgan fingerprint density at radius 2 is 1.83 bits per heavy atom. The Hall–Kier alpha value is -2.07. The predicted octanol–water partition coefficient (Wildman–Crippen LogP) is 3.76. The van der Waals surface area contributed by atoms with Gasteiger partial charge < -0.3 is 11.1 Å². The molecule has 3 N–H and O–H groups in total. The van der Waals surface area contributed by atoms with Gasteiger partial charge in [-0.2, -0.15) is 0 Å². The van der Waals surface area contributed by atoms with E-state index in [0.29, 0.717) is 19.4 Å². The lowest BCUT2D eigenvalue weighted by Crippen LogP contribution is -2.31. The number of amides is 1. The number of halogens is 2. The summed E-state index contributed by atoms with van der Waals surface area (Å²) in [5.41, 5.74) is 8.45. The van der Waals surface area contributed by atoms with E-state index in [-0.39, 0.29) is 30.0 Å². The van der Waals surface area contributed by atoms with Crippen molar-refractivity contribution in [3.63, 3.8) is 0 Å². The largest absolute Gasteiger partial charge is 0.399 e. The van der Waals surface area contributed by atoms with E-state index >= 15 is 0 Å². The number of hydrogen-bond acceptors (Lipinski definition) is 2. The topological polar surface area (TPSA) is 55.1 Å². The van der Waals surface area contributed by atoms with Crippen LogP contribution in [0.4, 0.5) is 10.1 Å². The fourth-order valence-electron chi connectivity index (χ4n) is 2.40. The van der Waals surface area contributed by atoms with Gasteiger partial charge in [0.1, 0.15) is 5.82 Å². The van der Waals surface area contributed by atoms with E-state index in [2.05, 4.69) is 5.32 Å². The lowest BCUT2D eigenvalue weighted by molar-refractivity contribution is -0.124. The van der Waals surface area contributed by atoms with Crippen molar-refractivity contribution in [2.45, 2.75) is 26.2 Å². The molecule has 0 aliphatic heterocycles. The fraction of sp³-hybridized carbons (Fsp3) is 0.316. The number of aryl methyl sites for hydroxylation is 1. The number of anilines is 1. The van der Waals surface area contributed by atoms with E-state index in [1.54, 1.807) is 6.07 Å². The third kappa shape index (κ3) is 6.59. The normalized spacial score (nSPS) is 11.4. The Kier molecular flexibility index (Phi) is 8.27. The smallest absolute Gasteiger partial charge is 0.222 e. The molecule has 0 radical (unpaired) electrons. The molecule has 0 saturated carbocycles. The molecule has 1 unspecified atom stereocenters. The van der Waals surface area contributed by atoms with Crippen LogP contribution in [0.25, 0.3) is 0 Å². The van der Waals surface area contributed by atoms with E-state index in [0.717, 1.165) is 23.2 Å². The second-order valence-electron chi connectivity index (χ2n) is 5.85. The standard InChI is InChI=1S/C19H23FN2O.ClH/c1-14(5-6-16-3-2-4-17(20)13-16)19(23)22-12-11-15-7-9-18(21)10-8-15;/h2-4,7-10,13-14H,5-6,11-12,21H2,1H3,(H,22,23);1H. The third-order valence-electron chi connectivity index (χ3n) is 3.90. The third-order valence-corrected chi connectivity index (χ3v) is 3.90. The lowest BCUT2D eigenvalue weighted by Gasteiger charge is -2.12. The number of nitrogens with one attached hydrogen (secondary N) is 1. The molecule has 2 aromatic carbocycles. The van der Waals surface area contributed by atoms with Gasteiger partial charge in [-0.1, -0.05) is 31.2 Å². The molecule has 0 fully saturated rings. The quantitative estimate of drug-likeness (QED) is 0.747. The van der Waals surface area contributed by atoms with Crippen molar-refractivity contribution in [3.05, 3.63) is 65.5 Å². The molecule has 2 aromatic rings. The average Bonchev–Trinajstić information content (AvgIpc) is 2.54. The monoisotopic (exact) mass is 350 g/mol. The predicted molar refractivity (Wildman–Crippen MR) is 98.7 cm³/mol. The zero-order chi connectivity index (χ0) is 16.7. The van der Waals surface area contributed by atoms with Crippen molar-refractivity contribution in [1.82, 2.24) is 5.32 Å². The van der Waals surface area contributed by atoms with E-state index in [1.165, 1.54) is 12.1 Å². The number of carbonyl (C=O) groups is 1. The Morgan fingerprint density at radius 1 is 1.12 bits per heavy atom. The van der Waals surface area contributed by atoms with Crippen LogP contribution in [-0.4, -0.2) is 12.5 Å². The molecule has 130 valence electrons. The highest BCUT2D eigenvalue weighted by molar-refractivity contribution is 5.85. The molecule has 0 aliphatic rings. The van der Waals surface area contributed by atoms with Crippen molar-refractivity contribution in [1.29, 1.82) is 0 Å². The van der Waals surface area contributed by atoms with Crippen molar-refractivity contribution in [2.75, 3.05) is 12.3 Å². The van der Waals surface area contributed by atoms with Gasteiger partial charge in [-0.15, -0.1) is 12.4 Å². The molecule has 3 nitrogen and oxygen atoms in total. The Morgan fingerprint density at radius 3 is 2.50 bits per heavy atom. The molecule has 24 heavy (non-hydrogen) atoms. The minimum Gasteiger partial charge on any atom is -0.399 e. The van der Waals surface area contributed by atoms with Gasteiger partial charge in [-0.25, -0.2) is 4.39 Å². The van der Waals surface area contributed by atoms with E-state index in [4.69, 9.17) is 5.73 Å². The van der Waals surface area contributed by atoms with Gasteiger partial charge in [0.2, 0.25) is 5.91 Å². The zero-order valence-corrected chi connectivity index (χ0v) is 14.6. The molecular weight excluding hydrogens is 327 g/mol. The molecule has 0 bridgehead atoms. The number of rotatable bonds is 7. The average molecular weight is 351 g/mol. The molecule has 0 spiro atoms. The summed E-state index contributed by atoms with van der Waals surface area (Å²) in [5.74, 6) is -0.287. The van der Waals surface area contributed by atoms with Crippen LogP contribution in [0, 0.1) is 11.7 Å². The van der Waals surface area contributed by atoms with E-state index in [1.807, 2.05) is 37.3 Å². The minimum atomic E-state index is -0.233. The maximum Gasteiger partial charge on any atom is 0.222 e. The van der Waals surface area contributed by atoms with Gasteiger partial charge in [0.25, 0.3) is 0 Å². The summed E-state index contributed by atoms with van der Waals surface area (Å²) in [6, 6.07) is 14.2. The number of carbonyl (C=O) groups excluding carboxylic acids is 1. The van der Waals surface area contributed by atoms with Crippen molar-refractivity contribution in [2.24, 2.45) is 5.92 Å². The number of nitrogens with two attached hydrogens (primary N) is 1. The van der Waals surface area contributed by atoms with E-state index < -0.39 is 0 Å². The molecular formula is C19H24ClFN2O. The molecule has 5 heteroatoms. The van der Waals surface area contributed by atoms with Crippen LogP contribution in [0.1, 0.15) is 24.5 Å². The highest BCUT2D eigenvalue weighted by Crippen LogP contribution is 2.11. The summed E-state index contributed by atoms with van der Waals surface area (Å²) >= 11 is 0. The van der Waals surface area contributed by atoms with Gasteiger partial charge >= 0.3 is 0 Å². The Balaban J connectivity index is 0.00000288. The Labute approximate surface area is 148 Å². The van der Waals surface area contributed by atoms with Gasteiger partial charge in [0.15, 0.2) is 0 Å². The maximum atomic E-state index is 13.1. The van der Waals surface area contributed by atoms with Crippen molar-refractivity contribution < 1.29 is 9.18 Å². The highest BCUT2D eigenvalue weighted by Gasteiger charge is 2.12. The van der Waals surface area contributed by atoms with Crippen LogP contribution in [0.2, 0.25) is 0 Å². The zero-order valence-electron chi connectivity index (χ0n) is 13.8. The van der Waals surface area contributed by atoms with Crippen LogP contribution in [0.5, 0.6) is 0 Å². The number of hydrogen-bond donors (Lipinski definition) is 2. The second kappa shape index (κ2) is 9.93. The van der Waals surface area contributed by atoms with Gasteiger partial charge in [0.05, 0.1) is 0 Å². The van der Waals surface area contributed by atoms with Crippen LogP contribution >= 0.6 is 12.4 Å². The van der Waals surface area contributed by atoms with E-state index in [9.17, 15) is 9.18 Å². The van der Waals surface area contributed by atoms with Crippen LogP contribution in [0.3, 0.4) is 0 Å². The number of nitrogen functional groups attached to an aromatic ring is 1. The minimum absolute atomic E-state index is 0. The van der Waals surface area contributed by atoms with Gasteiger partial charge in [-0.3, -0.25) is 4.79 Å². The summed E-state index contributed by atoms with van der Waals surface area (Å²) in [6.45, 7) is 2.50. The van der Waals surface area contributed by atoms with Gasteiger partial charge in [-0.05, 0) is 54.7 Å². The summed E-state index contributed by atoms with van der Waals surface area (Å²) < 4.78 is 13.1. The summed E-state index contributed by atoms with van der Waals surface area (Å²) in [5, 5.41) is 2.95. The fourth-order valence-corrected chi connectivity index (χ4v) is 2.40. The summed E-state index contributed by atoms with van der Waals surface area (Å²) in [4.78, 5) is 12.1. The van der Waals surface area contributed by atoms with Crippen LogP contribution in [-0.2, 0) is 17.6 Å². The molecule has 0 aromatic heterocycles. The SMILES string of the molecule is CC(CCc1cccc(F)c1)C(=O)NCCc1ccc(N)cc1.Cl. The lowest BCUT2D eigenvalue weighted by atomic mass is 10.00. The molecule has 0 aliphatic carbocycles. The summed E-state index contributed by atoms with van der Waals surface area (Å²) in [6.07, 6.45) is 2.18. The van der Waals surface area contributed by atoms with Crippen molar-refractivity contribution in [3.8, 4) is 0 Å². The Bertz CT molecular complexity index is 646. The van der Waals surface area contributed by atoms with Crippen LogP contribution < -0.4 is 11.1 Å². The first-order valence-electron chi connectivity index (χ1n) is 7.91. The molecule has 1 amide bonds. The molecule has 2 rings (SSSR count). The molecule has 0 saturated heterocycles. The maximum absolute atomic E-state index is 13.1. The van der Waals surface area contributed by atoms with Crippen LogP contribution in [0.15, 0.2) is 48.5 Å². The molecule has 0 heterocycles. The highest BCUT2D eigenvalue weighted by atomic mass is 35.5. The summed E-state index contributed by atoms with van der Waals surface area (Å²) in [7, 11) is 0. The second-order valence-corrected chi connectivity index (χ2v) is 5.85. The molecule has 1 atom stereocenters. The first-order chi connectivity index (χ1) is 11.0.